The molecule has 0 radical (unpaired) electrons. The van der Waals surface area contributed by atoms with Crippen LogP contribution >= 0.6 is 0 Å². The van der Waals surface area contributed by atoms with Crippen molar-refractivity contribution in [3.63, 3.8) is 0 Å². The molecular weight excluding hydrogens is 258 g/mol. The number of rotatable bonds is 14. The molecule has 2 atom stereocenters. The largest absolute Gasteiger partial charge is 0.365 e. The Balaban J connectivity index is 2.12. The number of ether oxygens (including phenoxy) is 1. The second-order valence-electron chi connectivity index (χ2n) is 6.85. The molecule has 2 nitrogen and oxygen atoms in total. The van der Waals surface area contributed by atoms with Gasteiger partial charge in [-0.2, -0.15) is 0 Å². The van der Waals surface area contributed by atoms with Crippen molar-refractivity contribution in [1.82, 2.24) is 5.32 Å². The van der Waals surface area contributed by atoms with Crippen molar-refractivity contribution in [2.45, 2.75) is 103 Å². The van der Waals surface area contributed by atoms with Gasteiger partial charge in [0.2, 0.25) is 0 Å². The van der Waals surface area contributed by atoms with Crippen LogP contribution in [0.2, 0.25) is 0 Å². The maximum absolute atomic E-state index is 5.53. The third kappa shape index (κ3) is 9.52. The normalized spacial score (nSPS) is 20.0. The fraction of sp³-hybridized carbons (Fsp3) is 1.00. The summed E-state index contributed by atoms with van der Waals surface area (Å²) in [4.78, 5) is 0. The SMILES string of the molecule is CCCCCCCCC(CCCCCCC)C1COCN1. The predicted molar refractivity (Wildman–Crippen MR) is 92.6 cm³/mol. The maximum atomic E-state index is 5.53. The van der Waals surface area contributed by atoms with Gasteiger partial charge in [0, 0.05) is 6.04 Å². The molecule has 1 aliphatic heterocycles. The molecule has 1 rings (SSSR count). The highest BCUT2D eigenvalue weighted by Crippen LogP contribution is 2.23. The second kappa shape index (κ2) is 13.6. The Hall–Kier alpha value is -0.0800. The molecule has 1 aliphatic rings. The second-order valence-corrected chi connectivity index (χ2v) is 6.85. The minimum atomic E-state index is 0.631. The van der Waals surface area contributed by atoms with Gasteiger partial charge in [0.05, 0.1) is 13.3 Å². The van der Waals surface area contributed by atoms with E-state index in [-0.39, 0.29) is 0 Å². The number of nitrogens with one attached hydrogen (secondary N) is 1. The van der Waals surface area contributed by atoms with Crippen LogP contribution in [0.5, 0.6) is 0 Å². The lowest BCUT2D eigenvalue weighted by Gasteiger charge is -2.22. The highest BCUT2D eigenvalue weighted by Gasteiger charge is 2.24. The zero-order valence-corrected chi connectivity index (χ0v) is 14.7. The van der Waals surface area contributed by atoms with Crippen LogP contribution in [-0.2, 0) is 4.74 Å². The van der Waals surface area contributed by atoms with Crippen LogP contribution in [0.1, 0.15) is 97.3 Å². The number of hydrogen-bond acceptors (Lipinski definition) is 2. The molecule has 1 fully saturated rings. The highest BCUT2D eigenvalue weighted by molar-refractivity contribution is 4.78. The maximum Gasteiger partial charge on any atom is 0.0969 e. The van der Waals surface area contributed by atoms with Crippen molar-refractivity contribution in [2.75, 3.05) is 13.3 Å². The van der Waals surface area contributed by atoms with Crippen molar-refractivity contribution in [3.8, 4) is 0 Å². The first-order valence-electron chi connectivity index (χ1n) is 9.69. The first-order valence-corrected chi connectivity index (χ1v) is 9.69. The molecule has 2 unspecified atom stereocenters. The Morgan fingerprint density at radius 3 is 1.81 bits per heavy atom. The first-order chi connectivity index (χ1) is 10.4. The molecular formula is C19H39NO. The van der Waals surface area contributed by atoms with Crippen LogP contribution in [0.4, 0.5) is 0 Å². The molecule has 1 N–H and O–H groups in total. The molecule has 1 saturated heterocycles. The van der Waals surface area contributed by atoms with Gasteiger partial charge in [-0.3, -0.25) is 5.32 Å². The van der Waals surface area contributed by atoms with Crippen LogP contribution in [0.3, 0.4) is 0 Å². The summed E-state index contributed by atoms with van der Waals surface area (Å²) in [7, 11) is 0. The summed E-state index contributed by atoms with van der Waals surface area (Å²) in [5.41, 5.74) is 0. The van der Waals surface area contributed by atoms with Crippen LogP contribution in [-0.4, -0.2) is 19.4 Å². The third-order valence-corrected chi connectivity index (χ3v) is 4.92. The van der Waals surface area contributed by atoms with Gasteiger partial charge in [0.25, 0.3) is 0 Å². The van der Waals surface area contributed by atoms with Crippen LogP contribution in [0.15, 0.2) is 0 Å². The van der Waals surface area contributed by atoms with Gasteiger partial charge in [-0.1, -0.05) is 84.5 Å². The minimum absolute atomic E-state index is 0.631. The van der Waals surface area contributed by atoms with Crippen molar-refractivity contribution < 1.29 is 4.74 Å². The van der Waals surface area contributed by atoms with Crippen LogP contribution in [0, 0.1) is 5.92 Å². The average molecular weight is 298 g/mol. The van der Waals surface area contributed by atoms with Crippen molar-refractivity contribution in [3.05, 3.63) is 0 Å². The van der Waals surface area contributed by atoms with Gasteiger partial charge in [-0.15, -0.1) is 0 Å². The molecule has 126 valence electrons. The molecule has 0 saturated carbocycles. The van der Waals surface area contributed by atoms with E-state index in [1.54, 1.807) is 0 Å². The topological polar surface area (TPSA) is 21.3 Å². The van der Waals surface area contributed by atoms with Gasteiger partial charge in [-0.25, -0.2) is 0 Å². The summed E-state index contributed by atoms with van der Waals surface area (Å²) in [6.07, 6.45) is 18.3. The summed E-state index contributed by atoms with van der Waals surface area (Å²) >= 11 is 0. The van der Waals surface area contributed by atoms with Crippen LogP contribution in [0.25, 0.3) is 0 Å². The summed E-state index contributed by atoms with van der Waals surface area (Å²) in [5.74, 6) is 0.848. The van der Waals surface area contributed by atoms with E-state index in [4.69, 9.17) is 4.74 Å². The Morgan fingerprint density at radius 2 is 1.33 bits per heavy atom. The van der Waals surface area contributed by atoms with Gasteiger partial charge in [0.15, 0.2) is 0 Å². The zero-order chi connectivity index (χ0) is 15.2. The molecule has 0 bridgehead atoms. The lowest BCUT2D eigenvalue weighted by Crippen LogP contribution is -2.32. The molecule has 0 amide bonds. The van der Waals surface area contributed by atoms with Crippen molar-refractivity contribution >= 4 is 0 Å². The molecule has 0 aromatic carbocycles. The Kier molecular flexibility index (Phi) is 12.3. The summed E-state index contributed by atoms with van der Waals surface area (Å²) in [5, 5.41) is 3.55. The van der Waals surface area contributed by atoms with Gasteiger partial charge in [0.1, 0.15) is 0 Å². The van der Waals surface area contributed by atoms with Gasteiger partial charge >= 0.3 is 0 Å². The molecule has 0 aromatic rings. The van der Waals surface area contributed by atoms with E-state index in [1.165, 1.54) is 83.5 Å². The smallest absolute Gasteiger partial charge is 0.0969 e. The Labute approximate surface area is 133 Å². The monoisotopic (exact) mass is 297 g/mol. The van der Waals surface area contributed by atoms with E-state index >= 15 is 0 Å². The lowest BCUT2D eigenvalue weighted by molar-refractivity contribution is 0.181. The molecule has 0 aliphatic carbocycles. The highest BCUT2D eigenvalue weighted by atomic mass is 16.5. The Morgan fingerprint density at radius 1 is 0.810 bits per heavy atom. The third-order valence-electron chi connectivity index (χ3n) is 4.92. The standard InChI is InChI=1S/C19H39NO/c1-3-5-7-9-11-13-15-18(19-16-21-17-20-19)14-12-10-8-6-4-2/h18-20H,3-17H2,1-2H3. The fourth-order valence-corrected chi connectivity index (χ4v) is 3.46. The molecule has 0 spiro atoms. The van der Waals surface area contributed by atoms with E-state index in [9.17, 15) is 0 Å². The van der Waals surface area contributed by atoms with Gasteiger partial charge in [-0.05, 0) is 18.8 Å². The van der Waals surface area contributed by atoms with E-state index in [0.29, 0.717) is 6.04 Å². The molecule has 1 heterocycles. The van der Waals surface area contributed by atoms with E-state index < -0.39 is 0 Å². The van der Waals surface area contributed by atoms with E-state index in [0.717, 1.165) is 19.3 Å². The first kappa shape index (κ1) is 19.0. The zero-order valence-electron chi connectivity index (χ0n) is 14.7. The summed E-state index contributed by atoms with van der Waals surface area (Å²) in [6.45, 7) is 6.30. The molecule has 21 heavy (non-hydrogen) atoms. The quantitative estimate of drug-likeness (QED) is 0.418. The summed E-state index contributed by atoms with van der Waals surface area (Å²) < 4.78 is 5.53. The Bertz CT molecular complexity index is 214. The predicted octanol–water partition coefficient (Wildman–Crippen LogP) is 5.66. The van der Waals surface area contributed by atoms with E-state index in [2.05, 4.69) is 19.2 Å². The van der Waals surface area contributed by atoms with Crippen molar-refractivity contribution in [2.24, 2.45) is 5.92 Å². The summed E-state index contributed by atoms with van der Waals surface area (Å²) in [6, 6.07) is 0.631. The molecule has 0 aromatic heterocycles. The number of hydrogen-bond donors (Lipinski definition) is 1. The lowest BCUT2D eigenvalue weighted by atomic mass is 9.88. The fourth-order valence-electron chi connectivity index (χ4n) is 3.46. The average Bonchev–Trinajstić information content (AvgIpc) is 3.02. The van der Waals surface area contributed by atoms with E-state index in [1.807, 2.05) is 0 Å². The number of unbranched alkanes of at least 4 members (excludes halogenated alkanes) is 9. The molecule has 2 heteroatoms. The van der Waals surface area contributed by atoms with Gasteiger partial charge < -0.3 is 4.74 Å². The van der Waals surface area contributed by atoms with Crippen molar-refractivity contribution in [1.29, 1.82) is 0 Å². The van der Waals surface area contributed by atoms with Crippen LogP contribution < -0.4 is 5.32 Å². The minimum Gasteiger partial charge on any atom is -0.365 e.